The highest BCUT2D eigenvalue weighted by molar-refractivity contribution is 7.15. The van der Waals surface area contributed by atoms with E-state index in [0.29, 0.717) is 29.8 Å². The highest BCUT2D eigenvalue weighted by Crippen LogP contribution is 2.27. The molecule has 5 rings (SSSR count). The highest BCUT2D eigenvalue weighted by atomic mass is 32.1. The Morgan fingerprint density at radius 2 is 1.71 bits per heavy atom. The predicted octanol–water partition coefficient (Wildman–Crippen LogP) is 4.91. The number of aryl methyl sites for hydroxylation is 1. The number of aromatic nitrogens is 1. The van der Waals surface area contributed by atoms with Crippen LogP contribution in [0.1, 0.15) is 32.1 Å². The summed E-state index contributed by atoms with van der Waals surface area (Å²) in [5.74, 6) is 0.239. The van der Waals surface area contributed by atoms with E-state index in [2.05, 4.69) is 22.5 Å². The topological polar surface area (TPSA) is 92.8 Å². The van der Waals surface area contributed by atoms with E-state index in [0.717, 1.165) is 54.7 Å². The van der Waals surface area contributed by atoms with Crippen LogP contribution in [0.2, 0.25) is 0 Å². The van der Waals surface area contributed by atoms with Crippen molar-refractivity contribution in [2.75, 3.05) is 50.1 Å². The fourth-order valence-electron chi connectivity index (χ4n) is 4.93. The molecule has 0 radical (unpaired) electrons. The zero-order chi connectivity index (χ0) is 29.3. The number of benzene rings is 3. The first-order valence-electron chi connectivity index (χ1n) is 14.2. The molecule has 0 bridgehead atoms. The number of nitrogens with one attached hydrogen (secondary N) is 2. The average Bonchev–Trinajstić information content (AvgIpc) is 3.42. The minimum atomic E-state index is -0.677. The van der Waals surface area contributed by atoms with Crippen molar-refractivity contribution in [1.29, 1.82) is 0 Å². The summed E-state index contributed by atoms with van der Waals surface area (Å²) >= 11 is 1.75. The van der Waals surface area contributed by atoms with Gasteiger partial charge in [0.25, 0.3) is 0 Å². The van der Waals surface area contributed by atoms with Gasteiger partial charge >= 0.3 is 5.97 Å². The van der Waals surface area contributed by atoms with Crippen molar-refractivity contribution >= 4 is 33.9 Å². The van der Waals surface area contributed by atoms with E-state index in [-0.39, 0.29) is 5.78 Å². The van der Waals surface area contributed by atoms with Gasteiger partial charge in [-0.1, -0.05) is 54.6 Å². The minimum absolute atomic E-state index is 0.114. The van der Waals surface area contributed by atoms with Crippen LogP contribution in [-0.4, -0.2) is 62.7 Å². The molecule has 1 aliphatic heterocycles. The van der Waals surface area contributed by atoms with Crippen LogP contribution < -0.4 is 20.3 Å². The standard InChI is InChI=1S/C33H36N4O4S/c1-23-28(36-33(42-23)37-19-17-34-18-20-37)16-21-41-26-14-12-24(13-15-26)22-30(32(39)40-2)35-29-11-7-6-10-27(29)31(38)25-8-4-3-5-9-25/h3-15,30,34-35H,16-22H2,1-2H3/t30-/m0/s1. The van der Waals surface area contributed by atoms with Crippen LogP contribution in [0.15, 0.2) is 78.9 Å². The third-order valence-electron chi connectivity index (χ3n) is 7.26. The first-order valence-corrected chi connectivity index (χ1v) is 15.0. The maximum Gasteiger partial charge on any atom is 0.328 e. The molecule has 1 fully saturated rings. The predicted molar refractivity (Wildman–Crippen MR) is 167 cm³/mol. The molecule has 1 aliphatic rings. The van der Waals surface area contributed by atoms with E-state index < -0.39 is 12.0 Å². The van der Waals surface area contributed by atoms with Crippen LogP contribution in [0, 0.1) is 6.92 Å². The number of esters is 1. The number of ether oxygens (including phenoxy) is 2. The second-order valence-corrected chi connectivity index (χ2v) is 11.3. The van der Waals surface area contributed by atoms with Gasteiger partial charge in [-0.05, 0) is 36.8 Å². The van der Waals surface area contributed by atoms with Gasteiger partial charge in [-0.3, -0.25) is 4.79 Å². The van der Waals surface area contributed by atoms with Crippen LogP contribution in [0.3, 0.4) is 0 Å². The van der Waals surface area contributed by atoms with Gasteiger partial charge in [0, 0.05) is 60.7 Å². The monoisotopic (exact) mass is 584 g/mol. The summed E-state index contributed by atoms with van der Waals surface area (Å²) in [4.78, 5) is 34.4. The minimum Gasteiger partial charge on any atom is -0.493 e. The molecular formula is C33H36N4O4S. The summed E-state index contributed by atoms with van der Waals surface area (Å²) in [5, 5.41) is 7.73. The summed E-state index contributed by atoms with van der Waals surface area (Å²) in [6, 6.07) is 23.4. The number of rotatable bonds is 12. The molecule has 3 aromatic carbocycles. The summed E-state index contributed by atoms with van der Waals surface area (Å²) < 4.78 is 11.1. The van der Waals surface area contributed by atoms with Gasteiger partial charge in [0.1, 0.15) is 11.8 Å². The van der Waals surface area contributed by atoms with Gasteiger partial charge in [-0.2, -0.15) is 0 Å². The first kappa shape index (κ1) is 29.3. The Labute approximate surface area is 250 Å². The largest absolute Gasteiger partial charge is 0.493 e. The lowest BCUT2D eigenvalue weighted by Gasteiger charge is -2.26. The second-order valence-electron chi connectivity index (χ2n) is 10.1. The second kappa shape index (κ2) is 14.1. The number of thiazole rings is 1. The molecule has 0 aliphatic carbocycles. The summed E-state index contributed by atoms with van der Waals surface area (Å²) in [6.45, 7) is 6.61. The molecule has 0 spiro atoms. The van der Waals surface area contributed by atoms with Crippen molar-refractivity contribution in [1.82, 2.24) is 10.3 Å². The van der Waals surface area contributed by atoms with Crippen LogP contribution >= 0.6 is 11.3 Å². The van der Waals surface area contributed by atoms with Crippen molar-refractivity contribution in [3.8, 4) is 5.75 Å². The normalized spacial score (nSPS) is 13.8. The Morgan fingerprint density at radius 3 is 2.45 bits per heavy atom. The van der Waals surface area contributed by atoms with Crippen LogP contribution in [0.5, 0.6) is 5.75 Å². The van der Waals surface area contributed by atoms with Crippen molar-refractivity contribution < 1.29 is 19.1 Å². The van der Waals surface area contributed by atoms with Crippen molar-refractivity contribution in [2.45, 2.75) is 25.8 Å². The molecule has 9 heteroatoms. The molecule has 1 saturated heterocycles. The van der Waals surface area contributed by atoms with E-state index in [9.17, 15) is 9.59 Å². The number of carbonyl (C=O) groups excluding carboxylic acids is 2. The number of para-hydroxylation sites is 1. The lowest BCUT2D eigenvalue weighted by molar-refractivity contribution is -0.141. The SMILES string of the molecule is COC(=O)[C@H](Cc1ccc(OCCc2nc(N3CCNCC3)sc2C)cc1)Nc1ccccc1C(=O)c1ccccc1. The first-order chi connectivity index (χ1) is 20.5. The van der Waals surface area contributed by atoms with Crippen LogP contribution in [0.25, 0.3) is 0 Å². The lowest BCUT2D eigenvalue weighted by atomic mass is 10.00. The maximum absolute atomic E-state index is 13.2. The number of carbonyl (C=O) groups is 2. The van der Waals surface area contributed by atoms with Gasteiger partial charge in [-0.15, -0.1) is 11.3 Å². The van der Waals surface area contributed by atoms with Gasteiger partial charge < -0.3 is 25.0 Å². The van der Waals surface area contributed by atoms with E-state index >= 15 is 0 Å². The van der Waals surface area contributed by atoms with E-state index in [1.54, 1.807) is 35.6 Å². The van der Waals surface area contributed by atoms with Crippen molar-refractivity contribution in [3.05, 3.63) is 106 Å². The van der Waals surface area contributed by atoms with Gasteiger partial charge in [-0.25, -0.2) is 9.78 Å². The van der Waals surface area contributed by atoms with E-state index in [4.69, 9.17) is 14.5 Å². The maximum atomic E-state index is 13.2. The quantitative estimate of drug-likeness (QED) is 0.179. The number of ketones is 1. The van der Waals surface area contributed by atoms with Crippen LogP contribution in [0.4, 0.5) is 10.8 Å². The van der Waals surface area contributed by atoms with Crippen molar-refractivity contribution in [2.24, 2.45) is 0 Å². The fraction of sp³-hybridized carbons (Fsp3) is 0.303. The third-order valence-corrected chi connectivity index (χ3v) is 8.34. The highest BCUT2D eigenvalue weighted by Gasteiger charge is 2.23. The lowest BCUT2D eigenvalue weighted by Crippen LogP contribution is -2.43. The van der Waals surface area contributed by atoms with Crippen molar-refractivity contribution in [3.63, 3.8) is 0 Å². The Morgan fingerprint density at radius 1 is 1.00 bits per heavy atom. The molecule has 0 saturated carbocycles. The van der Waals surface area contributed by atoms with Gasteiger partial charge in [0.15, 0.2) is 10.9 Å². The molecule has 4 aromatic rings. The molecule has 42 heavy (non-hydrogen) atoms. The molecule has 2 N–H and O–H groups in total. The molecule has 1 aromatic heterocycles. The number of nitrogens with zero attached hydrogens (tertiary/aromatic N) is 2. The summed E-state index contributed by atoms with van der Waals surface area (Å²) in [7, 11) is 1.37. The fourth-order valence-corrected chi connectivity index (χ4v) is 5.94. The molecule has 0 unspecified atom stereocenters. The summed E-state index contributed by atoms with van der Waals surface area (Å²) in [5.41, 5.74) is 3.69. The Hall–Kier alpha value is -4.21. The number of methoxy groups -OCH3 is 1. The van der Waals surface area contributed by atoms with E-state index in [1.165, 1.54) is 12.0 Å². The Kier molecular flexibility index (Phi) is 9.84. The van der Waals surface area contributed by atoms with Gasteiger partial charge in [0.05, 0.1) is 19.4 Å². The molecule has 2 heterocycles. The molecule has 0 amide bonds. The smallest absolute Gasteiger partial charge is 0.328 e. The average molecular weight is 585 g/mol. The zero-order valence-corrected chi connectivity index (χ0v) is 24.8. The van der Waals surface area contributed by atoms with Crippen LogP contribution in [-0.2, 0) is 22.4 Å². The van der Waals surface area contributed by atoms with Gasteiger partial charge in [0.2, 0.25) is 0 Å². The summed E-state index contributed by atoms with van der Waals surface area (Å²) in [6.07, 6.45) is 1.12. The molecular weight excluding hydrogens is 548 g/mol. The molecule has 8 nitrogen and oxygen atoms in total. The zero-order valence-electron chi connectivity index (χ0n) is 24.0. The Balaban J connectivity index is 1.19. The molecule has 1 atom stereocenters. The molecule has 218 valence electrons. The number of hydrogen-bond acceptors (Lipinski definition) is 9. The third kappa shape index (κ3) is 7.35. The number of anilines is 2. The number of piperazine rings is 1. The Bertz CT molecular complexity index is 1480. The number of hydrogen-bond donors (Lipinski definition) is 2. The van der Waals surface area contributed by atoms with E-state index in [1.807, 2.05) is 54.6 Å².